The molecule has 0 aromatic rings. The summed E-state index contributed by atoms with van der Waals surface area (Å²) in [5.41, 5.74) is 5.25. The van der Waals surface area contributed by atoms with Gasteiger partial charge in [0.15, 0.2) is 0 Å². The summed E-state index contributed by atoms with van der Waals surface area (Å²) in [7, 11) is -3.20. The van der Waals surface area contributed by atoms with E-state index in [2.05, 4.69) is 4.72 Å². The molecule has 0 radical (unpaired) electrons. The first kappa shape index (κ1) is 18.0. The fraction of sp³-hybridized carbons (Fsp3) is 0.857. The van der Waals surface area contributed by atoms with Crippen molar-refractivity contribution in [2.24, 2.45) is 17.6 Å². The Kier molecular flexibility index (Phi) is 5.85. The summed E-state index contributed by atoms with van der Waals surface area (Å²) < 4.78 is 24.9. The molecule has 0 saturated carbocycles. The predicted molar refractivity (Wildman–Crippen MR) is 86.0 cm³/mol. The lowest BCUT2D eigenvalue weighted by Gasteiger charge is -2.37. The zero-order chi connectivity index (χ0) is 17.0. The van der Waals surface area contributed by atoms with Crippen molar-refractivity contribution in [1.82, 2.24) is 14.5 Å². The minimum Gasteiger partial charge on any atom is -0.351 e. The number of carbonyl (C=O) groups excluding carboxylic acids is 2. The standard InChI is InChI=1S/C14H26N4O4S/c1-23(21,22)16-9-11-3-2-6-18(10-11)13(19)12-4-7-17(8-5-12)14(15)20/h11-12,16H,2-10H2,1H3,(H2,15,20)/t11-/m1/s1. The lowest BCUT2D eigenvalue weighted by Crippen LogP contribution is -2.49. The maximum atomic E-state index is 12.6. The summed E-state index contributed by atoms with van der Waals surface area (Å²) in [6, 6.07) is -0.430. The topological polar surface area (TPSA) is 113 Å². The highest BCUT2D eigenvalue weighted by Gasteiger charge is 2.32. The Hall–Kier alpha value is -1.35. The van der Waals surface area contributed by atoms with E-state index in [1.54, 1.807) is 4.90 Å². The van der Waals surface area contributed by atoms with E-state index in [0.717, 1.165) is 25.6 Å². The third kappa shape index (κ3) is 5.35. The highest BCUT2D eigenvalue weighted by Crippen LogP contribution is 2.23. The Bertz CT molecular complexity index is 543. The van der Waals surface area contributed by atoms with Crippen LogP contribution in [0.25, 0.3) is 0 Å². The molecule has 0 unspecified atom stereocenters. The molecule has 0 aromatic heterocycles. The molecular formula is C14H26N4O4S. The van der Waals surface area contributed by atoms with E-state index < -0.39 is 16.1 Å². The van der Waals surface area contributed by atoms with Crippen molar-refractivity contribution in [1.29, 1.82) is 0 Å². The highest BCUT2D eigenvalue weighted by molar-refractivity contribution is 7.88. The summed E-state index contributed by atoms with van der Waals surface area (Å²) in [4.78, 5) is 27.2. The number of nitrogens with zero attached hydrogens (tertiary/aromatic N) is 2. The lowest BCUT2D eigenvalue weighted by atomic mass is 9.92. The number of hydrogen-bond acceptors (Lipinski definition) is 4. The van der Waals surface area contributed by atoms with Gasteiger partial charge in [-0.1, -0.05) is 0 Å². The number of amides is 3. The smallest absolute Gasteiger partial charge is 0.314 e. The van der Waals surface area contributed by atoms with Gasteiger partial charge in [0.05, 0.1) is 6.26 Å². The molecule has 2 heterocycles. The van der Waals surface area contributed by atoms with Crippen LogP contribution in [0.15, 0.2) is 0 Å². The molecule has 0 aromatic carbocycles. The first-order valence-corrected chi connectivity index (χ1v) is 9.93. The van der Waals surface area contributed by atoms with Crippen molar-refractivity contribution >= 4 is 22.0 Å². The second-order valence-electron chi connectivity index (χ2n) is 6.51. The van der Waals surface area contributed by atoms with Crippen molar-refractivity contribution < 1.29 is 18.0 Å². The first-order valence-electron chi connectivity index (χ1n) is 8.04. The number of carbonyl (C=O) groups is 2. The normalized spacial score (nSPS) is 23.8. The molecule has 0 bridgehead atoms. The van der Waals surface area contributed by atoms with Crippen LogP contribution in [-0.2, 0) is 14.8 Å². The number of piperidine rings is 2. The average molecular weight is 346 g/mol. The molecule has 3 N–H and O–H groups in total. The third-order valence-corrected chi connectivity index (χ3v) is 5.31. The van der Waals surface area contributed by atoms with Crippen LogP contribution in [0.1, 0.15) is 25.7 Å². The lowest BCUT2D eigenvalue weighted by molar-refractivity contribution is -0.138. The molecular weight excluding hydrogens is 320 g/mol. The fourth-order valence-electron chi connectivity index (χ4n) is 3.31. The molecule has 3 amide bonds. The zero-order valence-electron chi connectivity index (χ0n) is 13.5. The van der Waals surface area contributed by atoms with Gasteiger partial charge < -0.3 is 15.5 Å². The van der Waals surface area contributed by atoms with Crippen molar-refractivity contribution in [3.8, 4) is 0 Å². The quantitative estimate of drug-likeness (QED) is 0.719. The van der Waals surface area contributed by atoms with Gasteiger partial charge in [0.2, 0.25) is 15.9 Å². The fourth-order valence-corrected chi connectivity index (χ4v) is 3.84. The van der Waals surface area contributed by atoms with Crippen molar-refractivity contribution in [3.05, 3.63) is 0 Å². The van der Waals surface area contributed by atoms with Gasteiger partial charge in [-0.25, -0.2) is 17.9 Å². The van der Waals surface area contributed by atoms with E-state index in [9.17, 15) is 18.0 Å². The second kappa shape index (κ2) is 7.48. The van der Waals surface area contributed by atoms with Crippen molar-refractivity contribution in [2.45, 2.75) is 25.7 Å². The van der Waals surface area contributed by atoms with Crippen LogP contribution in [0.3, 0.4) is 0 Å². The number of nitrogens with one attached hydrogen (secondary N) is 1. The van der Waals surface area contributed by atoms with Gasteiger partial charge in [-0.15, -0.1) is 0 Å². The SMILES string of the molecule is CS(=O)(=O)NC[C@H]1CCCN(C(=O)C2CCN(C(N)=O)CC2)C1. The molecule has 132 valence electrons. The number of primary amides is 1. The second-order valence-corrected chi connectivity index (χ2v) is 8.35. The van der Waals surface area contributed by atoms with E-state index in [4.69, 9.17) is 5.73 Å². The molecule has 8 nitrogen and oxygen atoms in total. The van der Waals surface area contributed by atoms with Crippen molar-refractivity contribution in [3.63, 3.8) is 0 Å². The number of likely N-dealkylation sites (tertiary alicyclic amines) is 2. The van der Waals surface area contributed by atoms with Gasteiger partial charge in [0.25, 0.3) is 0 Å². The molecule has 0 spiro atoms. The van der Waals surface area contributed by atoms with Crippen LogP contribution in [0.5, 0.6) is 0 Å². The molecule has 2 fully saturated rings. The molecule has 2 saturated heterocycles. The Labute approximate surface area is 137 Å². The average Bonchev–Trinajstić information content (AvgIpc) is 2.52. The first-order chi connectivity index (χ1) is 10.8. The van der Waals surface area contributed by atoms with Crippen LogP contribution < -0.4 is 10.5 Å². The minimum atomic E-state index is -3.20. The number of hydrogen-bond donors (Lipinski definition) is 2. The van der Waals surface area contributed by atoms with E-state index >= 15 is 0 Å². The Morgan fingerprint density at radius 2 is 1.78 bits per heavy atom. The maximum absolute atomic E-state index is 12.6. The number of sulfonamides is 1. The Morgan fingerprint density at radius 3 is 2.35 bits per heavy atom. The highest BCUT2D eigenvalue weighted by atomic mass is 32.2. The van der Waals surface area contributed by atoms with E-state index in [0.29, 0.717) is 39.0 Å². The van der Waals surface area contributed by atoms with Crippen LogP contribution in [0.4, 0.5) is 4.79 Å². The Balaban J connectivity index is 1.84. The van der Waals surface area contributed by atoms with Crippen LogP contribution in [0, 0.1) is 11.8 Å². The number of nitrogens with two attached hydrogens (primary N) is 1. The Morgan fingerprint density at radius 1 is 1.13 bits per heavy atom. The maximum Gasteiger partial charge on any atom is 0.314 e. The number of rotatable bonds is 4. The summed E-state index contributed by atoms with van der Waals surface area (Å²) in [6.45, 7) is 2.75. The van der Waals surface area contributed by atoms with Crippen LogP contribution in [-0.4, -0.2) is 69.1 Å². The van der Waals surface area contributed by atoms with E-state index in [1.807, 2.05) is 4.90 Å². The van der Waals surface area contributed by atoms with Crippen molar-refractivity contribution in [2.75, 3.05) is 39.0 Å². The molecule has 1 atom stereocenters. The monoisotopic (exact) mass is 346 g/mol. The molecule has 2 aliphatic heterocycles. The van der Waals surface area contributed by atoms with Gasteiger partial charge >= 0.3 is 6.03 Å². The summed E-state index contributed by atoms with van der Waals surface area (Å²) >= 11 is 0. The molecule has 0 aliphatic carbocycles. The van der Waals surface area contributed by atoms with Crippen LogP contribution in [0.2, 0.25) is 0 Å². The predicted octanol–water partition coefficient (Wildman–Crippen LogP) is -0.435. The summed E-state index contributed by atoms with van der Waals surface area (Å²) in [5, 5.41) is 0. The molecule has 2 aliphatic rings. The third-order valence-electron chi connectivity index (χ3n) is 4.62. The van der Waals surface area contributed by atoms with Gasteiger partial charge in [-0.2, -0.15) is 0 Å². The summed E-state index contributed by atoms with van der Waals surface area (Å²) in [5.74, 6) is 0.221. The zero-order valence-corrected chi connectivity index (χ0v) is 14.3. The van der Waals surface area contributed by atoms with E-state index in [1.165, 1.54) is 0 Å². The summed E-state index contributed by atoms with van der Waals surface area (Å²) in [6.07, 6.45) is 4.24. The largest absolute Gasteiger partial charge is 0.351 e. The minimum absolute atomic E-state index is 0.0628. The van der Waals surface area contributed by atoms with Crippen LogP contribution >= 0.6 is 0 Å². The molecule has 23 heavy (non-hydrogen) atoms. The molecule has 2 rings (SSSR count). The van der Waals surface area contributed by atoms with E-state index in [-0.39, 0.29) is 17.7 Å². The number of urea groups is 1. The van der Waals surface area contributed by atoms with Gasteiger partial charge in [-0.3, -0.25) is 4.79 Å². The molecule has 9 heteroatoms. The van der Waals surface area contributed by atoms with Gasteiger partial charge in [0.1, 0.15) is 0 Å². The van der Waals surface area contributed by atoms with Gasteiger partial charge in [0, 0.05) is 38.6 Å². The van der Waals surface area contributed by atoms with Gasteiger partial charge in [-0.05, 0) is 31.6 Å².